The van der Waals surface area contributed by atoms with Gasteiger partial charge in [0.15, 0.2) is 0 Å². The molecule has 0 bridgehead atoms. The molecular formula is C16H36N2. The molecule has 0 aromatic heterocycles. The van der Waals surface area contributed by atoms with Crippen molar-refractivity contribution in [3.8, 4) is 0 Å². The van der Waals surface area contributed by atoms with Gasteiger partial charge in [0.05, 0.1) is 0 Å². The Labute approximate surface area is 115 Å². The van der Waals surface area contributed by atoms with Crippen molar-refractivity contribution in [3.05, 3.63) is 0 Å². The van der Waals surface area contributed by atoms with Gasteiger partial charge < -0.3 is 11.5 Å². The lowest BCUT2D eigenvalue weighted by Gasteiger charge is -2.15. The fourth-order valence-corrected chi connectivity index (χ4v) is 2.13. The van der Waals surface area contributed by atoms with Crippen LogP contribution in [0.15, 0.2) is 0 Å². The molecule has 2 heteroatoms. The zero-order valence-corrected chi connectivity index (χ0v) is 13.1. The van der Waals surface area contributed by atoms with Crippen LogP contribution in [0.5, 0.6) is 0 Å². The first-order chi connectivity index (χ1) is 8.45. The Morgan fingerprint density at radius 2 is 0.833 bits per heavy atom. The van der Waals surface area contributed by atoms with Crippen molar-refractivity contribution >= 4 is 0 Å². The van der Waals surface area contributed by atoms with E-state index in [-0.39, 0.29) is 0 Å². The molecule has 2 unspecified atom stereocenters. The van der Waals surface area contributed by atoms with E-state index in [1.165, 1.54) is 51.4 Å². The second-order valence-electron chi connectivity index (χ2n) is 6.51. The first-order valence-electron chi connectivity index (χ1n) is 7.96. The van der Waals surface area contributed by atoms with Gasteiger partial charge in [0.25, 0.3) is 0 Å². The van der Waals surface area contributed by atoms with Crippen LogP contribution in [0.25, 0.3) is 0 Å². The SMILES string of the molecule is CC(C)C(N)CCCCCCCCC(N)C(C)C. The zero-order chi connectivity index (χ0) is 14.0. The second kappa shape index (κ2) is 10.8. The summed E-state index contributed by atoms with van der Waals surface area (Å²) in [7, 11) is 0. The van der Waals surface area contributed by atoms with Crippen LogP contribution in [-0.2, 0) is 0 Å². The van der Waals surface area contributed by atoms with E-state index in [1.54, 1.807) is 0 Å². The Balaban J connectivity index is 3.22. The van der Waals surface area contributed by atoms with Crippen molar-refractivity contribution < 1.29 is 0 Å². The molecule has 2 atom stereocenters. The van der Waals surface area contributed by atoms with E-state index >= 15 is 0 Å². The Morgan fingerprint density at radius 3 is 1.11 bits per heavy atom. The van der Waals surface area contributed by atoms with Gasteiger partial charge in [-0.1, -0.05) is 66.2 Å². The third kappa shape index (κ3) is 9.90. The summed E-state index contributed by atoms with van der Waals surface area (Å²) in [4.78, 5) is 0. The summed E-state index contributed by atoms with van der Waals surface area (Å²) in [5.41, 5.74) is 12.1. The van der Waals surface area contributed by atoms with Gasteiger partial charge in [-0.25, -0.2) is 0 Å². The van der Waals surface area contributed by atoms with Gasteiger partial charge in [-0.3, -0.25) is 0 Å². The summed E-state index contributed by atoms with van der Waals surface area (Å²) in [6.07, 6.45) is 10.4. The average Bonchev–Trinajstić information content (AvgIpc) is 2.31. The van der Waals surface area contributed by atoms with Crippen LogP contribution in [0, 0.1) is 11.8 Å². The molecule has 4 N–H and O–H groups in total. The van der Waals surface area contributed by atoms with Gasteiger partial charge in [-0.15, -0.1) is 0 Å². The molecule has 0 aromatic rings. The van der Waals surface area contributed by atoms with Crippen molar-refractivity contribution in [3.63, 3.8) is 0 Å². The molecule has 110 valence electrons. The average molecular weight is 256 g/mol. The van der Waals surface area contributed by atoms with Gasteiger partial charge in [0, 0.05) is 12.1 Å². The topological polar surface area (TPSA) is 52.0 Å². The van der Waals surface area contributed by atoms with Gasteiger partial charge >= 0.3 is 0 Å². The molecule has 0 saturated heterocycles. The first-order valence-corrected chi connectivity index (χ1v) is 7.96. The molecule has 0 radical (unpaired) electrons. The van der Waals surface area contributed by atoms with Crippen molar-refractivity contribution in [2.75, 3.05) is 0 Å². The third-order valence-electron chi connectivity index (χ3n) is 4.04. The van der Waals surface area contributed by atoms with Crippen LogP contribution in [0.3, 0.4) is 0 Å². The monoisotopic (exact) mass is 256 g/mol. The molecule has 0 amide bonds. The molecule has 0 aliphatic rings. The zero-order valence-electron chi connectivity index (χ0n) is 13.1. The van der Waals surface area contributed by atoms with E-state index in [1.807, 2.05) is 0 Å². The molecule has 0 aliphatic carbocycles. The van der Waals surface area contributed by atoms with Crippen LogP contribution in [0.2, 0.25) is 0 Å². The highest BCUT2D eigenvalue weighted by molar-refractivity contribution is 4.66. The Hall–Kier alpha value is -0.0800. The molecule has 2 nitrogen and oxygen atoms in total. The smallest absolute Gasteiger partial charge is 0.00618 e. The predicted molar refractivity (Wildman–Crippen MR) is 82.6 cm³/mol. The highest BCUT2D eigenvalue weighted by Crippen LogP contribution is 2.13. The van der Waals surface area contributed by atoms with E-state index in [2.05, 4.69) is 27.7 Å². The normalized spacial score (nSPS) is 15.3. The molecule has 0 aliphatic heterocycles. The lowest BCUT2D eigenvalue weighted by Crippen LogP contribution is -2.26. The summed E-state index contributed by atoms with van der Waals surface area (Å²) in [6.45, 7) is 8.84. The van der Waals surface area contributed by atoms with E-state index in [0.29, 0.717) is 23.9 Å². The molecule has 0 heterocycles. The Kier molecular flexibility index (Phi) is 10.8. The molecule has 0 spiro atoms. The summed E-state index contributed by atoms with van der Waals surface area (Å²) < 4.78 is 0. The number of hydrogen-bond donors (Lipinski definition) is 2. The maximum atomic E-state index is 6.03. The quantitative estimate of drug-likeness (QED) is 0.547. The van der Waals surface area contributed by atoms with E-state index in [4.69, 9.17) is 11.5 Å². The highest BCUT2D eigenvalue weighted by atomic mass is 14.6. The van der Waals surface area contributed by atoms with Crippen LogP contribution in [-0.4, -0.2) is 12.1 Å². The summed E-state index contributed by atoms with van der Waals surface area (Å²) in [5.74, 6) is 1.25. The number of hydrogen-bond acceptors (Lipinski definition) is 2. The fraction of sp³-hybridized carbons (Fsp3) is 1.00. The highest BCUT2D eigenvalue weighted by Gasteiger charge is 2.07. The minimum absolute atomic E-state index is 0.397. The minimum Gasteiger partial charge on any atom is -0.327 e. The lowest BCUT2D eigenvalue weighted by molar-refractivity contribution is 0.427. The molecule has 18 heavy (non-hydrogen) atoms. The maximum absolute atomic E-state index is 6.03. The van der Waals surface area contributed by atoms with Crippen LogP contribution in [0.4, 0.5) is 0 Å². The molecular weight excluding hydrogens is 220 g/mol. The lowest BCUT2D eigenvalue weighted by atomic mass is 9.97. The van der Waals surface area contributed by atoms with Crippen molar-refractivity contribution in [1.29, 1.82) is 0 Å². The molecule has 0 rings (SSSR count). The van der Waals surface area contributed by atoms with Crippen molar-refractivity contribution in [2.45, 2.75) is 91.1 Å². The van der Waals surface area contributed by atoms with Gasteiger partial charge in [-0.2, -0.15) is 0 Å². The van der Waals surface area contributed by atoms with Gasteiger partial charge in [0.1, 0.15) is 0 Å². The maximum Gasteiger partial charge on any atom is 0.00618 e. The standard InChI is InChI=1S/C16H36N2/c1-13(2)15(17)11-9-7-5-6-8-10-12-16(18)14(3)4/h13-16H,5-12,17-18H2,1-4H3. The first kappa shape index (κ1) is 17.9. The number of rotatable bonds is 11. The fourth-order valence-electron chi connectivity index (χ4n) is 2.13. The largest absolute Gasteiger partial charge is 0.327 e. The van der Waals surface area contributed by atoms with Crippen LogP contribution >= 0.6 is 0 Å². The third-order valence-corrected chi connectivity index (χ3v) is 4.04. The summed E-state index contributed by atoms with van der Waals surface area (Å²) >= 11 is 0. The van der Waals surface area contributed by atoms with E-state index in [0.717, 1.165) is 0 Å². The van der Waals surface area contributed by atoms with E-state index in [9.17, 15) is 0 Å². The van der Waals surface area contributed by atoms with Crippen LogP contribution < -0.4 is 11.5 Å². The summed E-state index contributed by atoms with van der Waals surface area (Å²) in [5, 5.41) is 0. The molecule has 0 fully saturated rings. The van der Waals surface area contributed by atoms with Gasteiger partial charge in [-0.05, 0) is 24.7 Å². The van der Waals surface area contributed by atoms with E-state index < -0.39 is 0 Å². The molecule has 0 saturated carbocycles. The van der Waals surface area contributed by atoms with Crippen molar-refractivity contribution in [2.24, 2.45) is 23.3 Å². The Morgan fingerprint density at radius 1 is 0.556 bits per heavy atom. The van der Waals surface area contributed by atoms with Crippen molar-refractivity contribution in [1.82, 2.24) is 0 Å². The van der Waals surface area contributed by atoms with Crippen LogP contribution in [0.1, 0.15) is 79.1 Å². The number of nitrogens with two attached hydrogens (primary N) is 2. The second-order valence-corrected chi connectivity index (χ2v) is 6.51. The Bertz CT molecular complexity index is 158. The molecule has 0 aromatic carbocycles. The minimum atomic E-state index is 0.397. The predicted octanol–water partition coefficient (Wildman–Crippen LogP) is 4.07. The van der Waals surface area contributed by atoms with Gasteiger partial charge in [0.2, 0.25) is 0 Å². The number of unbranched alkanes of at least 4 members (excludes halogenated alkanes) is 5. The summed E-state index contributed by atoms with van der Waals surface area (Å²) in [6, 6.07) is 0.795.